The van der Waals surface area contributed by atoms with Gasteiger partial charge in [0.1, 0.15) is 5.52 Å². The van der Waals surface area contributed by atoms with Gasteiger partial charge in [0.05, 0.1) is 25.7 Å². The molecule has 1 aromatic heterocycles. The second-order valence-corrected chi connectivity index (χ2v) is 4.61. The molecule has 6 nitrogen and oxygen atoms in total. The van der Waals surface area contributed by atoms with Crippen LogP contribution < -0.4 is 4.68 Å². The fraction of sp³-hybridized carbons (Fsp3) is 0.214. The minimum absolute atomic E-state index is 0.0862. The van der Waals surface area contributed by atoms with E-state index in [0.29, 0.717) is 0 Å². The van der Waals surface area contributed by atoms with Crippen LogP contribution in [0.4, 0.5) is 17.3 Å². The minimum Gasteiger partial charge on any atom is -0.466 e. The van der Waals surface area contributed by atoms with Crippen LogP contribution in [0.15, 0.2) is 36.5 Å². The molecular formula is C14H15BF4N2O4. The lowest BCUT2D eigenvalue weighted by Crippen LogP contribution is -2.39. The largest absolute Gasteiger partial charge is 0.673 e. The van der Waals surface area contributed by atoms with Crippen molar-refractivity contribution in [2.45, 2.75) is 0 Å². The van der Waals surface area contributed by atoms with Gasteiger partial charge in [-0.05, 0) is 12.1 Å². The van der Waals surface area contributed by atoms with Crippen LogP contribution in [0.5, 0.6) is 0 Å². The highest BCUT2D eigenvalue weighted by molar-refractivity contribution is 6.50. The van der Waals surface area contributed by atoms with Gasteiger partial charge in [-0.15, -0.1) is 9.36 Å². The summed E-state index contributed by atoms with van der Waals surface area (Å²) in [6.45, 7) is 0. The van der Waals surface area contributed by atoms with Crippen molar-refractivity contribution in [3.8, 4) is 0 Å². The van der Waals surface area contributed by atoms with Crippen molar-refractivity contribution in [1.29, 1.82) is 0 Å². The molecule has 1 heterocycles. The SMILES string of the molecule is COC(=O)/C=C(/C(=O)OC)n1c2ccccc2c[n+]1C.F[B-](F)(F)F. The first-order valence-corrected chi connectivity index (χ1v) is 6.80. The van der Waals surface area contributed by atoms with E-state index in [2.05, 4.69) is 4.74 Å². The quantitative estimate of drug-likeness (QED) is 0.275. The third-order valence-corrected chi connectivity index (χ3v) is 2.88. The van der Waals surface area contributed by atoms with Gasteiger partial charge in [-0.25, -0.2) is 9.59 Å². The number of carbonyl (C=O) groups is 2. The van der Waals surface area contributed by atoms with Crippen LogP contribution in [0.3, 0.4) is 0 Å². The third-order valence-electron chi connectivity index (χ3n) is 2.88. The van der Waals surface area contributed by atoms with Crippen LogP contribution in [0.25, 0.3) is 16.6 Å². The lowest BCUT2D eigenvalue weighted by molar-refractivity contribution is -0.740. The number of nitrogens with zero attached hydrogens (tertiary/aromatic N) is 2. The highest BCUT2D eigenvalue weighted by atomic mass is 19.5. The Morgan fingerprint density at radius 3 is 2.20 bits per heavy atom. The predicted octanol–water partition coefficient (Wildman–Crippen LogP) is 1.95. The maximum absolute atomic E-state index is 11.9. The number of halogens is 4. The van der Waals surface area contributed by atoms with Gasteiger partial charge < -0.3 is 26.7 Å². The Bertz CT molecular complexity index is 796. The molecule has 0 spiro atoms. The number of hydrogen-bond acceptors (Lipinski definition) is 4. The molecule has 0 saturated heterocycles. The highest BCUT2D eigenvalue weighted by Gasteiger charge is 2.24. The summed E-state index contributed by atoms with van der Waals surface area (Å²) in [6, 6.07) is 7.52. The van der Waals surface area contributed by atoms with Gasteiger partial charge in [0.2, 0.25) is 6.20 Å². The molecule has 0 bridgehead atoms. The lowest BCUT2D eigenvalue weighted by Gasteiger charge is -2.05. The van der Waals surface area contributed by atoms with Gasteiger partial charge in [0, 0.05) is 0 Å². The molecule has 0 amide bonds. The number of rotatable bonds is 3. The number of hydrogen-bond donors (Lipinski definition) is 0. The Kier molecular flexibility index (Phi) is 6.72. The standard InChI is InChI=1S/C14H15N2O4.BF4/c1-15-9-10-6-4-5-7-11(10)16(15)12(14(18)20-3)8-13(17)19-2;2-1(3,4)5/h4-9H,1-3H3;/q+1;-1/b12-8-;. The number of benzene rings is 1. The van der Waals surface area contributed by atoms with Gasteiger partial charge in [-0.1, -0.05) is 12.1 Å². The number of methoxy groups -OCH3 is 2. The van der Waals surface area contributed by atoms with Crippen molar-refractivity contribution < 1.29 is 41.0 Å². The van der Waals surface area contributed by atoms with E-state index in [9.17, 15) is 26.9 Å². The second-order valence-electron chi connectivity index (χ2n) is 4.61. The Hall–Kier alpha value is -2.85. The third kappa shape index (κ3) is 5.94. The summed E-state index contributed by atoms with van der Waals surface area (Å²) >= 11 is 0. The highest BCUT2D eigenvalue weighted by Crippen LogP contribution is 2.16. The molecule has 0 aliphatic heterocycles. The molecule has 0 saturated carbocycles. The fourth-order valence-electron chi connectivity index (χ4n) is 2.00. The number of aromatic nitrogens is 2. The molecule has 0 N–H and O–H groups in total. The van der Waals surface area contributed by atoms with E-state index in [-0.39, 0.29) is 5.70 Å². The van der Waals surface area contributed by atoms with Crippen molar-refractivity contribution in [2.24, 2.45) is 7.05 Å². The van der Waals surface area contributed by atoms with Crippen molar-refractivity contribution in [3.63, 3.8) is 0 Å². The van der Waals surface area contributed by atoms with Crippen molar-refractivity contribution in [2.75, 3.05) is 14.2 Å². The lowest BCUT2D eigenvalue weighted by atomic mass is 10.2. The van der Waals surface area contributed by atoms with Crippen LogP contribution in [0.2, 0.25) is 0 Å². The molecule has 0 aliphatic rings. The smallest absolute Gasteiger partial charge is 0.466 e. The van der Waals surface area contributed by atoms with E-state index in [1.165, 1.54) is 14.2 Å². The summed E-state index contributed by atoms with van der Waals surface area (Å²) in [5.74, 6) is -1.24. The number of carbonyl (C=O) groups excluding carboxylic acids is 2. The molecule has 0 unspecified atom stereocenters. The maximum Gasteiger partial charge on any atom is 0.673 e. The second kappa shape index (κ2) is 8.31. The predicted molar refractivity (Wildman–Crippen MR) is 81.6 cm³/mol. The summed E-state index contributed by atoms with van der Waals surface area (Å²) in [6.07, 6.45) is 2.96. The molecule has 11 heteroatoms. The Balaban J connectivity index is 0.000000550. The molecule has 25 heavy (non-hydrogen) atoms. The van der Waals surface area contributed by atoms with Gasteiger partial charge in [-0.2, -0.15) is 0 Å². The van der Waals surface area contributed by atoms with Gasteiger partial charge >= 0.3 is 19.2 Å². The molecule has 2 rings (SSSR count). The van der Waals surface area contributed by atoms with Gasteiger partial charge in [0.15, 0.2) is 12.7 Å². The van der Waals surface area contributed by atoms with Crippen LogP contribution in [-0.4, -0.2) is 38.1 Å². The molecule has 0 fully saturated rings. The first-order valence-electron chi connectivity index (χ1n) is 6.80. The number of aryl methyl sites for hydroxylation is 1. The van der Waals surface area contributed by atoms with E-state index in [1.54, 1.807) is 16.4 Å². The number of ether oxygens (including phenoxy) is 2. The summed E-state index contributed by atoms with van der Waals surface area (Å²) in [7, 11) is -1.71. The monoisotopic (exact) mass is 362 g/mol. The number of fused-ring (bicyclic) bond motifs is 1. The Morgan fingerprint density at radius 2 is 1.68 bits per heavy atom. The zero-order valence-corrected chi connectivity index (χ0v) is 13.6. The molecule has 0 radical (unpaired) electrons. The van der Waals surface area contributed by atoms with Crippen LogP contribution in [0, 0.1) is 0 Å². The van der Waals surface area contributed by atoms with Crippen LogP contribution in [0.1, 0.15) is 0 Å². The van der Waals surface area contributed by atoms with Crippen molar-refractivity contribution in [3.05, 3.63) is 36.5 Å². The Labute approximate surface area is 140 Å². The van der Waals surface area contributed by atoms with Crippen molar-refractivity contribution in [1.82, 2.24) is 4.68 Å². The van der Waals surface area contributed by atoms with E-state index in [4.69, 9.17) is 4.74 Å². The zero-order chi connectivity index (χ0) is 19.2. The van der Waals surface area contributed by atoms with Crippen LogP contribution in [-0.2, 0) is 26.1 Å². The summed E-state index contributed by atoms with van der Waals surface area (Å²) in [5.41, 5.74) is 0.874. The molecule has 0 aliphatic carbocycles. The molecule has 1 aromatic carbocycles. The van der Waals surface area contributed by atoms with E-state index in [1.807, 2.05) is 30.5 Å². The van der Waals surface area contributed by atoms with Gasteiger partial charge in [-0.3, -0.25) is 0 Å². The number of esters is 2. The van der Waals surface area contributed by atoms with Gasteiger partial charge in [0.25, 0.3) is 0 Å². The normalized spacial score (nSPS) is 11.6. The molecular weight excluding hydrogens is 347 g/mol. The van der Waals surface area contributed by atoms with E-state index < -0.39 is 19.2 Å². The molecule has 2 aromatic rings. The minimum atomic E-state index is -6.00. The average Bonchev–Trinajstić information content (AvgIpc) is 2.85. The average molecular weight is 362 g/mol. The number of para-hydroxylation sites is 1. The van der Waals surface area contributed by atoms with Crippen molar-refractivity contribution >= 4 is 35.8 Å². The summed E-state index contributed by atoms with van der Waals surface area (Å²) in [5, 5.41) is 0.940. The Morgan fingerprint density at radius 1 is 1.12 bits per heavy atom. The van der Waals surface area contributed by atoms with E-state index >= 15 is 0 Å². The first-order chi connectivity index (χ1) is 11.6. The van der Waals surface area contributed by atoms with E-state index in [0.717, 1.165) is 17.0 Å². The summed E-state index contributed by atoms with van der Waals surface area (Å²) in [4.78, 5) is 23.4. The molecule has 0 atom stereocenters. The zero-order valence-electron chi connectivity index (χ0n) is 13.6. The maximum atomic E-state index is 11.9. The molecule has 136 valence electrons. The first kappa shape index (κ1) is 20.2. The van der Waals surface area contributed by atoms with Crippen LogP contribution >= 0.6 is 0 Å². The topological polar surface area (TPSA) is 61.4 Å². The summed E-state index contributed by atoms with van der Waals surface area (Å²) < 4.78 is 51.6. The fourth-order valence-corrected chi connectivity index (χ4v) is 2.00.